The van der Waals surface area contributed by atoms with E-state index in [4.69, 9.17) is 22.1 Å². The van der Waals surface area contributed by atoms with Crippen molar-refractivity contribution in [2.75, 3.05) is 55.9 Å². The molecular formula is C23H26ClN7O2. The Morgan fingerprint density at radius 2 is 1.76 bits per heavy atom. The first-order chi connectivity index (χ1) is 15.9. The third-order valence-corrected chi connectivity index (χ3v) is 5.77. The Hall–Kier alpha value is -3.56. The number of nitrogens with two attached hydrogens (primary N) is 1. The minimum absolute atomic E-state index is 0.167. The summed E-state index contributed by atoms with van der Waals surface area (Å²) in [7, 11) is 3.67. The maximum atomic E-state index is 11.9. The van der Waals surface area contributed by atoms with Gasteiger partial charge in [-0.15, -0.1) is 0 Å². The zero-order valence-electron chi connectivity index (χ0n) is 18.5. The number of anilines is 5. The van der Waals surface area contributed by atoms with Gasteiger partial charge in [0.05, 0.1) is 12.1 Å². The van der Waals surface area contributed by atoms with Gasteiger partial charge in [0.15, 0.2) is 0 Å². The molecule has 33 heavy (non-hydrogen) atoms. The molecule has 0 saturated carbocycles. The molecule has 0 aliphatic carbocycles. The van der Waals surface area contributed by atoms with Gasteiger partial charge in [0.1, 0.15) is 17.1 Å². The molecule has 0 radical (unpaired) electrons. The fourth-order valence-electron chi connectivity index (χ4n) is 3.54. The smallest absolute Gasteiger partial charge is 0.254 e. The third kappa shape index (κ3) is 5.44. The molecule has 10 heteroatoms. The van der Waals surface area contributed by atoms with Crippen LogP contribution in [-0.4, -0.2) is 61.1 Å². The number of primary amides is 1. The van der Waals surface area contributed by atoms with E-state index in [1.54, 1.807) is 18.2 Å². The van der Waals surface area contributed by atoms with Gasteiger partial charge in [-0.25, -0.2) is 4.98 Å². The number of methoxy groups -OCH3 is 1. The van der Waals surface area contributed by atoms with E-state index in [2.05, 4.69) is 49.6 Å². The lowest BCUT2D eigenvalue weighted by Gasteiger charge is -2.34. The first-order valence-electron chi connectivity index (χ1n) is 10.5. The van der Waals surface area contributed by atoms with E-state index in [0.717, 1.165) is 31.9 Å². The molecule has 4 N–H and O–H groups in total. The summed E-state index contributed by atoms with van der Waals surface area (Å²) in [6.45, 7) is 4.11. The first kappa shape index (κ1) is 22.6. The zero-order chi connectivity index (χ0) is 23.4. The van der Waals surface area contributed by atoms with Crippen LogP contribution >= 0.6 is 11.6 Å². The quantitative estimate of drug-likeness (QED) is 0.484. The van der Waals surface area contributed by atoms with Crippen molar-refractivity contribution in [2.45, 2.75) is 0 Å². The maximum Gasteiger partial charge on any atom is 0.254 e. The molecule has 1 fully saturated rings. The number of amides is 1. The number of benzene rings is 2. The summed E-state index contributed by atoms with van der Waals surface area (Å²) in [5.74, 6) is 0.464. The van der Waals surface area contributed by atoms with Gasteiger partial charge in [0, 0.05) is 55.5 Å². The van der Waals surface area contributed by atoms with Crippen LogP contribution in [0, 0.1) is 0 Å². The van der Waals surface area contributed by atoms with Crippen LogP contribution in [0.5, 0.6) is 5.75 Å². The highest BCUT2D eigenvalue weighted by molar-refractivity contribution is 6.32. The summed E-state index contributed by atoms with van der Waals surface area (Å²) in [6.07, 6.45) is 1.39. The van der Waals surface area contributed by atoms with Crippen LogP contribution in [0.1, 0.15) is 10.4 Å². The van der Waals surface area contributed by atoms with Crippen LogP contribution in [-0.2, 0) is 0 Å². The highest BCUT2D eigenvalue weighted by atomic mass is 35.5. The predicted molar refractivity (Wildman–Crippen MR) is 131 cm³/mol. The molecule has 2 heterocycles. The number of nitrogens with one attached hydrogen (secondary N) is 2. The first-order valence-corrected chi connectivity index (χ1v) is 10.9. The normalized spacial score (nSPS) is 14.1. The van der Waals surface area contributed by atoms with Crippen molar-refractivity contribution < 1.29 is 9.53 Å². The molecule has 1 aromatic heterocycles. The lowest BCUT2D eigenvalue weighted by Crippen LogP contribution is -2.44. The number of hydrogen-bond donors (Lipinski definition) is 3. The van der Waals surface area contributed by atoms with E-state index in [1.165, 1.54) is 19.0 Å². The van der Waals surface area contributed by atoms with Crippen LogP contribution in [0.3, 0.4) is 0 Å². The van der Waals surface area contributed by atoms with Crippen LogP contribution in [0.4, 0.5) is 28.8 Å². The number of carbonyl (C=O) groups excluding carboxylic acids is 1. The SMILES string of the molecule is COc1cc(Nc2nc(Nc3ccc(N4CCN(C)CC4)cc3)ncc2C(N)=O)ccc1Cl. The highest BCUT2D eigenvalue weighted by Crippen LogP contribution is 2.30. The van der Waals surface area contributed by atoms with Crippen LogP contribution < -0.4 is 26.0 Å². The number of halogens is 1. The molecule has 9 nitrogen and oxygen atoms in total. The van der Waals surface area contributed by atoms with Gasteiger partial charge in [-0.05, 0) is 43.4 Å². The van der Waals surface area contributed by atoms with E-state index in [9.17, 15) is 4.79 Å². The summed E-state index contributed by atoms with van der Waals surface area (Å²) in [4.78, 5) is 25.3. The average molecular weight is 468 g/mol. The molecule has 1 amide bonds. The second-order valence-corrected chi connectivity index (χ2v) is 8.16. The Labute approximate surface area is 197 Å². The van der Waals surface area contributed by atoms with Crippen molar-refractivity contribution in [1.82, 2.24) is 14.9 Å². The Morgan fingerprint density at radius 1 is 1.06 bits per heavy atom. The Kier molecular flexibility index (Phi) is 6.81. The monoisotopic (exact) mass is 467 g/mol. The maximum absolute atomic E-state index is 11.9. The van der Waals surface area contributed by atoms with Crippen molar-refractivity contribution in [2.24, 2.45) is 5.73 Å². The Balaban J connectivity index is 1.52. The molecule has 0 atom stereocenters. The molecule has 1 saturated heterocycles. The molecule has 1 aliphatic heterocycles. The topological polar surface area (TPSA) is 109 Å². The molecule has 172 valence electrons. The molecule has 0 unspecified atom stereocenters. The van der Waals surface area contributed by atoms with Crippen LogP contribution in [0.2, 0.25) is 5.02 Å². The van der Waals surface area contributed by atoms with Gasteiger partial charge < -0.3 is 30.9 Å². The second kappa shape index (κ2) is 9.93. The fourth-order valence-corrected chi connectivity index (χ4v) is 3.74. The lowest BCUT2D eigenvalue weighted by atomic mass is 10.2. The molecule has 0 bridgehead atoms. The molecule has 3 aromatic rings. The van der Waals surface area contributed by atoms with E-state index in [0.29, 0.717) is 22.4 Å². The molecule has 0 spiro atoms. The van der Waals surface area contributed by atoms with Crippen LogP contribution in [0.25, 0.3) is 0 Å². The lowest BCUT2D eigenvalue weighted by molar-refractivity contribution is 0.100. The van der Waals surface area contributed by atoms with Crippen molar-refractivity contribution in [3.63, 3.8) is 0 Å². The standard InChI is InChI=1S/C23H26ClN7O2/c1-30-9-11-31(12-10-30)17-6-3-15(4-7-17)28-23-26-14-18(21(25)32)22(29-23)27-16-5-8-19(24)20(13-16)33-2/h3-8,13-14H,9-12H2,1-2H3,(H2,25,32)(H2,26,27,28,29). The van der Waals surface area contributed by atoms with Gasteiger partial charge in [-0.3, -0.25) is 4.79 Å². The highest BCUT2D eigenvalue weighted by Gasteiger charge is 2.15. The van der Waals surface area contributed by atoms with Gasteiger partial charge >= 0.3 is 0 Å². The van der Waals surface area contributed by atoms with Crippen LogP contribution in [0.15, 0.2) is 48.7 Å². The van der Waals surface area contributed by atoms with Gasteiger partial charge in [-0.2, -0.15) is 4.98 Å². The summed E-state index contributed by atoms with van der Waals surface area (Å²) in [5, 5.41) is 6.75. The number of aromatic nitrogens is 2. The van der Waals surface area contributed by atoms with Gasteiger partial charge in [0.25, 0.3) is 5.91 Å². The summed E-state index contributed by atoms with van der Waals surface area (Å²) < 4.78 is 5.25. The minimum Gasteiger partial charge on any atom is -0.495 e. The zero-order valence-corrected chi connectivity index (χ0v) is 19.3. The molecular weight excluding hydrogens is 442 g/mol. The number of piperazine rings is 1. The molecule has 1 aliphatic rings. The summed E-state index contributed by atoms with van der Waals surface area (Å²) >= 11 is 6.10. The largest absolute Gasteiger partial charge is 0.495 e. The van der Waals surface area contributed by atoms with Crippen molar-refractivity contribution in [3.8, 4) is 5.75 Å². The van der Waals surface area contributed by atoms with Crippen molar-refractivity contribution in [3.05, 3.63) is 59.2 Å². The fraction of sp³-hybridized carbons (Fsp3) is 0.261. The van der Waals surface area contributed by atoms with E-state index in [1.807, 2.05) is 12.1 Å². The third-order valence-electron chi connectivity index (χ3n) is 5.46. The second-order valence-electron chi connectivity index (χ2n) is 7.76. The number of likely N-dealkylation sites (N-methyl/N-ethyl adjacent to an activating group) is 1. The van der Waals surface area contributed by atoms with Gasteiger partial charge in [-0.1, -0.05) is 11.6 Å². The Bertz CT molecular complexity index is 1130. The summed E-state index contributed by atoms with van der Waals surface area (Å²) in [6, 6.07) is 13.3. The van der Waals surface area contributed by atoms with E-state index in [-0.39, 0.29) is 11.4 Å². The Morgan fingerprint density at radius 3 is 2.42 bits per heavy atom. The van der Waals surface area contributed by atoms with Crippen molar-refractivity contribution in [1.29, 1.82) is 0 Å². The van der Waals surface area contributed by atoms with E-state index < -0.39 is 5.91 Å². The van der Waals surface area contributed by atoms with E-state index >= 15 is 0 Å². The predicted octanol–water partition coefficient (Wildman–Crippen LogP) is 3.48. The number of carbonyl (C=O) groups is 1. The van der Waals surface area contributed by atoms with Gasteiger partial charge in [0.2, 0.25) is 5.95 Å². The molecule has 2 aromatic carbocycles. The minimum atomic E-state index is -0.637. The summed E-state index contributed by atoms with van der Waals surface area (Å²) in [5.41, 5.74) is 8.33. The number of hydrogen-bond acceptors (Lipinski definition) is 8. The number of ether oxygens (including phenoxy) is 1. The number of rotatable bonds is 7. The molecule has 4 rings (SSSR count). The number of nitrogens with zero attached hydrogens (tertiary/aromatic N) is 4. The average Bonchev–Trinajstić information content (AvgIpc) is 2.81. The van der Waals surface area contributed by atoms with Crippen molar-refractivity contribution >= 4 is 46.3 Å².